The third kappa shape index (κ3) is 3.73. The molecule has 4 bridgehead atoms. The molecular weight excluding hydrogens is 423 g/mol. The molecule has 8 heteroatoms. The van der Waals surface area contributed by atoms with E-state index in [2.05, 4.69) is 15.6 Å². The summed E-state index contributed by atoms with van der Waals surface area (Å²) in [4.78, 5) is 30.1. The van der Waals surface area contributed by atoms with Gasteiger partial charge in [0.2, 0.25) is 5.88 Å². The summed E-state index contributed by atoms with van der Waals surface area (Å²) in [5, 5.41) is 6.36. The number of halogens is 1. The molecule has 33 heavy (non-hydrogen) atoms. The molecule has 3 aromatic rings. The van der Waals surface area contributed by atoms with Gasteiger partial charge in [0, 0.05) is 22.8 Å². The summed E-state index contributed by atoms with van der Waals surface area (Å²) < 4.78 is 20.9. The van der Waals surface area contributed by atoms with Gasteiger partial charge in [-0.15, -0.1) is 0 Å². The number of rotatable bonds is 4. The third-order valence-electron chi connectivity index (χ3n) is 7.43. The van der Waals surface area contributed by atoms with Gasteiger partial charge in [-0.05, 0) is 80.7 Å². The van der Waals surface area contributed by atoms with Crippen molar-refractivity contribution in [2.75, 3.05) is 0 Å². The number of pyridine rings is 1. The Kier molecular flexibility index (Phi) is 4.47. The summed E-state index contributed by atoms with van der Waals surface area (Å²) in [5.74, 6) is 0.404. The second kappa shape index (κ2) is 7.30. The SMILES string of the molecule is O=C(NC12CC3CC(C1)CC(NC(=O)c1cccc(F)c1)(C3)C2)Oc1cn2ccccc2n1. The summed E-state index contributed by atoms with van der Waals surface area (Å²) in [5.41, 5.74) is 0.201. The maximum absolute atomic E-state index is 13.6. The van der Waals surface area contributed by atoms with Gasteiger partial charge in [0.25, 0.3) is 5.91 Å². The summed E-state index contributed by atoms with van der Waals surface area (Å²) in [6.07, 6.45) is 8.28. The molecule has 4 aliphatic rings. The fraction of sp³-hybridized carbons (Fsp3) is 0.400. The molecule has 0 saturated heterocycles. The lowest BCUT2D eigenvalue weighted by Crippen LogP contribution is -2.70. The number of hydrogen-bond acceptors (Lipinski definition) is 4. The Bertz CT molecular complexity index is 1210. The molecule has 2 amide bonds. The number of benzene rings is 1. The van der Waals surface area contributed by atoms with Crippen molar-refractivity contribution in [3.63, 3.8) is 0 Å². The van der Waals surface area contributed by atoms with Crippen LogP contribution in [0.1, 0.15) is 48.9 Å². The van der Waals surface area contributed by atoms with Crippen molar-refractivity contribution in [1.29, 1.82) is 0 Å². The lowest BCUT2D eigenvalue weighted by molar-refractivity contribution is -0.0449. The van der Waals surface area contributed by atoms with Crippen LogP contribution in [0, 0.1) is 17.7 Å². The zero-order valence-corrected chi connectivity index (χ0v) is 18.1. The van der Waals surface area contributed by atoms with E-state index in [4.69, 9.17) is 4.74 Å². The van der Waals surface area contributed by atoms with Crippen molar-refractivity contribution in [2.45, 2.75) is 49.6 Å². The predicted molar refractivity (Wildman–Crippen MR) is 118 cm³/mol. The number of nitrogens with zero attached hydrogens (tertiary/aromatic N) is 2. The van der Waals surface area contributed by atoms with Crippen LogP contribution in [-0.4, -0.2) is 32.5 Å². The molecular formula is C25H25FN4O3. The van der Waals surface area contributed by atoms with Gasteiger partial charge in [-0.25, -0.2) is 9.18 Å². The average Bonchev–Trinajstić information content (AvgIpc) is 3.14. The maximum atomic E-state index is 13.6. The van der Waals surface area contributed by atoms with E-state index >= 15 is 0 Å². The first-order valence-electron chi connectivity index (χ1n) is 11.4. The number of nitrogens with one attached hydrogen (secondary N) is 2. The minimum Gasteiger partial charge on any atom is -0.390 e. The number of aromatic nitrogens is 2. The predicted octanol–water partition coefficient (Wildman–Crippen LogP) is 4.08. The van der Waals surface area contributed by atoms with Crippen molar-refractivity contribution < 1.29 is 18.7 Å². The first-order chi connectivity index (χ1) is 15.9. The molecule has 2 unspecified atom stereocenters. The number of ether oxygens (including phenoxy) is 1. The fourth-order valence-electron chi connectivity index (χ4n) is 6.80. The molecule has 2 heterocycles. The van der Waals surface area contributed by atoms with E-state index in [1.165, 1.54) is 12.1 Å². The van der Waals surface area contributed by atoms with Crippen molar-refractivity contribution >= 4 is 17.6 Å². The standard InChI is InChI=1S/C25H25FN4O3/c26-19-5-3-4-18(9-19)22(31)28-24-10-16-8-17(11-24)13-25(12-16,15-24)29-23(32)33-21-14-30-7-2-1-6-20(30)27-21/h1-7,9,14,16-17H,8,10-13,15H2,(H,28,31)(H,29,32). The molecule has 4 aliphatic carbocycles. The van der Waals surface area contributed by atoms with Crippen LogP contribution in [-0.2, 0) is 0 Å². The molecule has 0 radical (unpaired) electrons. The van der Waals surface area contributed by atoms with Gasteiger partial charge in [0.05, 0.1) is 6.20 Å². The highest BCUT2D eigenvalue weighted by atomic mass is 19.1. The summed E-state index contributed by atoms with van der Waals surface area (Å²) in [6, 6.07) is 11.4. The topological polar surface area (TPSA) is 84.7 Å². The minimum atomic E-state index is -0.521. The van der Waals surface area contributed by atoms with Gasteiger partial charge in [-0.1, -0.05) is 12.1 Å². The molecule has 170 valence electrons. The highest BCUT2D eigenvalue weighted by Crippen LogP contribution is 2.57. The number of amides is 2. The van der Waals surface area contributed by atoms with Crippen molar-refractivity contribution in [1.82, 2.24) is 20.0 Å². The second-order valence-corrected chi connectivity index (χ2v) is 10.0. The van der Waals surface area contributed by atoms with E-state index in [0.29, 0.717) is 29.5 Å². The molecule has 7 nitrogen and oxygen atoms in total. The van der Waals surface area contributed by atoms with Gasteiger partial charge < -0.3 is 19.8 Å². The van der Waals surface area contributed by atoms with Crippen molar-refractivity contribution in [3.8, 4) is 5.88 Å². The number of hydrogen-bond donors (Lipinski definition) is 2. The van der Waals surface area contributed by atoms with Crippen molar-refractivity contribution in [3.05, 3.63) is 66.2 Å². The van der Waals surface area contributed by atoms with E-state index in [9.17, 15) is 14.0 Å². The highest BCUT2D eigenvalue weighted by Gasteiger charge is 2.59. The zero-order chi connectivity index (χ0) is 22.6. The van der Waals surface area contributed by atoms with E-state index in [-0.39, 0.29) is 11.8 Å². The van der Waals surface area contributed by atoms with E-state index in [0.717, 1.165) is 32.1 Å². The lowest BCUT2D eigenvalue weighted by atomic mass is 9.50. The lowest BCUT2D eigenvalue weighted by Gasteiger charge is -2.62. The number of imidazole rings is 1. The first kappa shape index (κ1) is 20.2. The number of fused-ring (bicyclic) bond motifs is 1. The summed E-state index contributed by atoms with van der Waals surface area (Å²) in [6.45, 7) is 0. The fourth-order valence-corrected chi connectivity index (χ4v) is 6.80. The second-order valence-electron chi connectivity index (χ2n) is 10.0. The molecule has 4 saturated carbocycles. The molecule has 0 spiro atoms. The van der Waals surface area contributed by atoms with E-state index < -0.39 is 23.0 Å². The van der Waals surface area contributed by atoms with Crippen LogP contribution in [0.4, 0.5) is 9.18 Å². The van der Waals surface area contributed by atoms with E-state index in [1.54, 1.807) is 22.7 Å². The van der Waals surface area contributed by atoms with Crippen LogP contribution in [0.2, 0.25) is 0 Å². The molecule has 2 atom stereocenters. The summed E-state index contributed by atoms with van der Waals surface area (Å²) >= 11 is 0. The van der Waals surface area contributed by atoms with Gasteiger partial charge in [0.15, 0.2) is 0 Å². The van der Waals surface area contributed by atoms with Gasteiger partial charge >= 0.3 is 6.09 Å². The van der Waals surface area contributed by atoms with Gasteiger partial charge in [-0.3, -0.25) is 4.79 Å². The van der Waals surface area contributed by atoms with Gasteiger partial charge in [0.1, 0.15) is 11.5 Å². The largest absolute Gasteiger partial charge is 0.414 e. The van der Waals surface area contributed by atoms with Crippen LogP contribution in [0.5, 0.6) is 5.88 Å². The van der Waals surface area contributed by atoms with Crippen LogP contribution in [0.15, 0.2) is 54.9 Å². The van der Waals surface area contributed by atoms with Gasteiger partial charge in [-0.2, -0.15) is 4.98 Å². The number of carbonyl (C=O) groups is 2. The maximum Gasteiger partial charge on any atom is 0.414 e. The molecule has 0 aliphatic heterocycles. The molecule has 1 aromatic carbocycles. The van der Waals surface area contributed by atoms with Crippen LogP contribution in [0.25, 0.3) is 5.65 Å². The highest BCUT2D eigenvalue weighted by molar-refractivity contribution is 5.94. The van der Waals surface area contributed by atoms with Crippen LogP contribution >= 0.6 is 0 Å². The average molecular weight is 448 g/mol. The Balaban J connectivity index is 1.19. The van der Waals surface area contributed by atoms with Crippen LogP contribution in [0.3, 0.4) is 0 Å². The molecule has 4 fully saturated rings. The quantitative estimate of drug-likeness (QED) is 0.630. The molecule has 7 rings (SSSR count). The third-order valence-corrected chi connectivity index (χ3v) is 7.43. The van der Waals surface area contributed by atoms with E-state index in [1.807, 2.05) is 24.4 Å². The Morgan fingerprint density at radius 3 is 2.52 bits per heavy atom. The normalized spacial score (nSPS) is 29.7. The Morgan fingerprint density at radius 1 is 1.03 bits per heavy atom. The van der Waals surface area contributed by atoms with Crippen LogP contribution < -0.4 is 15.4 Å². The molecule has 2 aromatic heterocycles. The monoisotopic (exact) mass is 448 g/mol. The zero-order valence-electron chi connectivity index (χ0n) is 18.1. The smallest absolute Gasteiger partial charge is 0.390 e. The Labute approximate surface area is 190 Å². The minimum absolute atomic E-state index is 0.248. The summed E-state index contributed by atoms with van der Waals surface area (Å²) in [7, 11) is 0. The number of carbonyl (C=O) groups excluding carboxylic acids is 2. The van der Waals surface area contributed by atoms with Crippen molar-refractivity contribution in [2.24, 2.45) is 11.8 Å². The Morgan fingerprint density at radius 2 is 1.79 bits per heavy atom. The Hall–Kier alpha value is -3.42. The first-order valence-corrected chi connectivity index (χ1v) is 11.4. The molecule has 2 N–H and O–H groups in total.